The minimum absolute atomic E-state index is 0.0225. The van der Waals surface area contributed by atoms with E-state index in [-0.39, 0.29) is 15.8 Å². The van der Waals surface area contributed by atoms with Crippen LogP contribution < -0.4 is 4.72 Å². The van der Waals surface area contributed by atoms with E-state index in [0.717, 1.165) is 44.9 Å². The second kappa shape index (κ2) is 7.46. The number of nitrogens with zero attached hydrogens (tertiary/aromatic N) is 1. The Morgan fingerprint density at radius 1 is 0.815 bits per heavy atom. The van der Waals surface area contributed by atoms with Gasteiger partial charge in [0, 0.05) is 19.1 Å². The summed E-state index contributed by atoms with van der Waals surface area (Å²) in [7, 11) is -7.18. The number of benzene rings is 1. The molecule has 4 rings (SSSR count). The molecule has 0 spiro atoms. The minimum Gasteiger partial charge on any atom is -0.208 e. The van der Waals surface area contributed by atoms with Crippen LogP contribution in [0, 0.1) is 11.8 Å². The van der Waals surface area contributed by atoms with Gasteiger partial charge in [-0.2, -0.15) is 4.31 Å². The number of nitrogens with one attached hydrogen (secondary N) is 1. The highest BCUT2D eigenvalue weighted by atomic mass is 32.2. The zero-order valence-corrected chi connectivity index (χ0v) is 17.1. The molecule has 27 heavy (non-hydrogen) atoms. The van der Waals surface area contributed by atoms with Gasteiger partial charge in [0.2, 0.25) is 20.0 Å². The molecule has 6 nitrogen and oxygen atoms in total. The first-order chi connectivity index (χ1) is 12.9. The van der Waals surface area contributed by atoms with Crippen LogP contribution in [-0.4, -0.2) is 40.3 Å². The average molecular weight is 413 g/mol. The number of fused-ring (bicyclic) bond motifs is 2. The molecule has 8 heteroatoms. The van der Waals surface area contributed by atoms with Crippen molar-refractivity contribution < 1.29 is 16.8 Å². The summed E-state index contributed by atoms with van der Waals surface area (Å²) in [5.74, 6) is 1.11. The van der Waals surface area contributed by atoms with Crippen LogP contribution in [0.1, 0.15) is 51.4 Å². The van der Waals surface area contributed by atoms with Crippen molar-refractivity contribution >= 4 is 20.0 Å². The summed E-state index contributed by atoms with van der Waals surface area (Å²) in [6.45, 7) is 1.07. The van der Waals surface area contributed by atoms with Gasteiger partial charge in [0.15, 0.2) is 0 Å². The molecule has 3 unspecified atom stereocenters. The van der Waals surface area contributed by atoms with E-state index in [2.05, 4.69) is 4.72 Å². The van der Waals surface area contributed by atoms with E-state index in [1.54, 1.807) is 0 Å². The van der Waals surface area contributed by atoms with Crippen molar-refractivity contribution in [2.75, 3.05) is 13.1 Å². The Balaban J connectivity index is 1.49. The Hall–Kier alpha value is -0.960. The topological polar surface area (TPSA) is 83.5 Å². The summed E-state index contributed by atoms with van der Waals surface area (Å²) in [6, 6.07) is 5.71. The van der Waals surface area contributed by atoms with Gasteiger partial charge in [-0.1, -0.05) is 19.3 Å². The van der Waals surface area contributed by atoms with E-state index in [1.807, 2.05) is 0 Å². The summed E-state index contributed by atoms with van der Waals surface area (Å²) in [4.78, 5) is 0.309. The van der Waals surface area contributed by atoms with E-state index >= 15 is 0 Å². The minimum atomic E-state index is -3.62. The molecular weight excluding hydrogens is 384 g/mol. The van der Waals surface area contributed by atoms with Crippen molar-refractivity contribution in [1.29, 1.82) is 0 Å². The van der Waals surface area contributed by atoms with Crippen molar-refractivity contribution in [1.82, 2.24) is 9.03 Å². The van der Waals surface area contributed by atoms with Gasteiger partial charge in [-0.15, -0.1) is 0 Å². The third-order valence-electron chi connectivity index (χ3n) is 6.38. The third-order valence-corrected chi connectivity index (χ3v) is 9.80. The maximum atomic E-state index is 12.8. The molecule has 1 saturated heterocycles. The molecule has 1 aromatic carbocycles. The lowest BCUT2D eigenvalue weighted by Crippen LogP contribution is -2.38. The Labute approximate surface area is 162 Å². The maximum absolute atomic E-state index is 12.8. The van der Waals surface area contributed by atoms with Gasteiger partial charge >= 0.3 is 0 Å². The van der Waals surface area contributed by atoms with Gasteiger partial charge in [-0.3, -0.25) is 0 Å². The van der Waals surface area contributed by atoms with Gasteiger partial charge in [0.1, 0.15) is 0 Å². The van der Waals surface area contributed by atoms with Crippen LogP contribution in [-0.2, 0) is 20.0 Å². The van der Waals surface area contributed by atoms with E-state index in [4.69, 9.17) is 0 Å². The summed E-state index contributed by atoms with van der Waals surface area (Å²) < 4.78 is 55.4. The lowest BCUT2D eigenvalue weighted by Gasteiger charge is -2.23. The van der Waals surface area contributed by atoms with Gasteiger partial charge in [0.05, 0.1) is 9.79 Å². The summed E-state index contributed by atoms with van der Waals surface area (Å²) in [6.07, 6.45) is 8.22. The van der Waals surface area contributed by atoms with Crippen LogP contribution in [0.3, 0.4) is 0 Å². The lowest BCUT2D eigenvalue weighted by atomic mass is 9.96. The van der Waals surface area contributed by atoms with E-state index in [1.165, 1.54) is 35.0 Å². The first-order valence-corrected chi connectivity index (χ1v) is 12.9. The van der Waals surface area contributed by atoms with Gasteiger partial charge in [0.25, 0.3) is 0 Å². The molecule has 3 aliphatic rings. The first-order valence-electron chi connectivity index (χ1n) is 9.99. The number of hydrogen-bond acceptors (Lipinski definition) is 4. The third kappa shape index (κ3) is 3.95. The van der Waals surface area contributed by atoms with Crippen molar-refractivity contribution in [3.8, 4) is 0 Å². The second-order valence-corrected chi connectivity index (χ2v) is 11.8. The molecule has 0 radical (unpaired) electrons. The van der Waals surface area contributed by atoms with Gasteiger partial charge < -0.3 is 0 Å². The first kappa shape index (κ1) is 19.4. The van der Waals surface area contributed by atoms with Crippen molar-refractivity contribution in [2.45, 2.75) is 67.2 Å². The van der Waals surface area contributed by atoms with Gasteiger partial charge in [-0.25, -0.2) is 21.6 Å². The molecule has 2 aliphatic carbocycles. The Morgan fingerprint density at radius 2 is 1.44 bits per heavy atom. The molecular formula is C19H28N2O4S2. The van der Waals surface area contributed by atoms with Crippen LogP contribution in [0.15, 0.2) is 34.1 Å². The molecule has 1 N–H and O–H groups in total. The number of rotatable bonds is 5. The highest BCUT2D eigenvalue weighted by molar-refractivity contribution is 7.89. The summed E-state index contributed by atoms with van der Waals surface area (Å²) >= 11 is 0. The summed E-state index contributed by atoms with van der Waals surface area (Å²) in [5, 5.41) is 0. The lowest BCUT2D eigenvalue weighted by molar-refractivity contribution is 0.390. The van der Waals surface area contributed by atoms with E-state index in [0.29, 0.717) is 24.9 Å². The van der Waals surface area contributed by atoms with Crippen LogP contribution in [0.2, 0.25) is 0 Å². The Morgan fingerprint density at radius 3 is 2.00 bits per heavy atom. The Bertz CT molecular complexity index is 873. The molecule has 3 fully saturated rings. The molecule has 2 bridgehead atoms. The van der Waals surface area contributed by atoms with Crippen LogP contribution in [0.25, 0.3) is 0 Å². The van der Waals surface area contributed by atoms with Crippen molar-refractivity contribution in [3.63, 3.8) is 0 Å². The zero-order valence-electron chi connectivity index (χ0n) is 15.5. The number of sulfonamides is 2. The maximum Gasteiger partial charge on any atom is 0.243 e. The Kier molecular flexibility index (Phi) is 5.35. The number of hydrogen-bond donors (Lipinski definition) is 1. The highest BCUT2D eigenvalue weighted by Crippen LogP contribution is 2.44. The molecule has 0 aromatic heterocycles. The largest absolute Gasteiger partial charge is 0.243 e. The van der Waals surface area contributed by atoms with Crippen molar-refractivity contribution in [2.24, 2.45) is 11.8 Å². The second-order valence-electron chi connectivity index (χ2n) is 8.19. The zero-order chi connectivity index (χ0) is 19.1. The standard InChI is InChI=1S/C19H28N2O4S2/c22-26(23,20-19-14-15-5-6-16(19)13-15)17-7-9-18(10-8-17)27(24,25)21-11-3-1-2-4-12-21/h7-10,15-16,19-20H,1-6,11-14H2. The van der Waals surface area contributed by atoms with E-state index < -0.39 is 20.0 Å². The smallest absolute Gasteiger partial charge is 0.208 e. The molecule has 1 heterocycles. The average Bonchev–Trinajstić information content (AvgIpc) is 3.14. The van der Waals surface area contributed by atoms with E-state index in [9.17, 15) is 16.8 Å². The quantitative estimate of drug-likeness (QED) is 0.806. The normalized spacial score (nSPS) is 29.7. The van der Waals surface area contributed by atoms with Crippen LogP contribution in [0.5, 0.6) is 0 Å². The molecule has 1 aromatic rings. The van der Waals surface area contributed by atoms with Crippen molar-refractivity contribution in [3.05, 3.63) is 24.3 Å². The predicted molar refractivity (Wildman–Crippen MR) is 103 cm³/mol. The SMILES string of the molecule is O=S(=O)(NC1CC2CCC1C2)c1ccc(S(=O)(=O)N2CCCCCC2)cc1. The predicted octanol–water partition coefficient (Wildman–Crippen LogP) is 2.72. The fourth-order valence-corrected chi connectivity index (χ4v) is 7.71. The van der Waals surface area contributed by atoms with Crippen LogP contribution in [0.4, 0.5) is 0 Å². The monoisotopic (exact) mass is 412 g/mol. The fraction of sp³-hybridized carbons (Fsp3) is 0.684. The fourth-order valence-electron chi connectivity index (χ4n) is 4.88. The molecule has 0 amide bonds. The van der Waals surface area contributed by atoms with Gasteiger partial charge in [-0.05, 0) is 68.2 Å². The molecule has 150 valence electrons. The molecule has 3 atom stereocenters. The molecule has 1 aliphatic heterocycles. The molecule has 2 saturated carbocycles. The van der Waals surface area contributed by atoms with Crippen LogP contribution >= 0.6 is 0 Å². The highest BCUT2D eigenvalue weighted by Gasteiger charge is 2.41. The summed E-state index contributed by atoms with van der Waals surface area (Å²) in [5.41, 5.74) is 0.